The number of carbonyl (C=O) groups excluding carboxylic acids is 2. The minimum absolute atomic E-state index is 0.0408. The van der Waals surface area contributed by atoms with Crippen molar-refractivity contribution in [1.82, 2.24) is 10.3 Å². The van der Waals surface area contributed by atoms with Crippen LogP contribution >= 0.6 is 0 Å². The number of allylic oxidation sites excluding steroid dienone is 3. The van der Waals surface area contributed by atoms with Gasteiger partial charge in [0.2, 0.25) is 0 Å². The molecular formula is C24H24FN3O2. The third kappa shape index (κ3) is 3.77. The zero-order valence-corrected chi connectivity index (χ0v) is 17.3. The fourth-order valence-electron chi connectivity index (χ4n) is 4.39. The van der Waals surface area contributed by atoms with E-state index >= 15 is 0 Å². The lowest BCUT2D eigenvalue weighted by Crippen LogP contribution is -2.39. The van der Waals surface area contributed by atoms with Crippen LogP contribution in [0.15, 0.2) is 71.3 Å². The molecule has 2 heterocycles. The molecule has 154 valence electrons. The number of aromatic nitrogens is 1. The summed E-state index contributed by atoms with van der Waals surface area (Å²) in [5, 5.41) is 6.10. The lowest BCUT2D eigenvalue weighted by atomic mass is 9.68. The van der Waals surface area contributed by atoms with Gasteiger partial charge in [-0.15, -0.1) is 0 Å². The molecule has 2 aliphatic rings. The molecule has 0 radical (unpaired) electrons. The largest absolute Gasteiger partial charge is 0.362 e. The number of nitrogens with one attached hydrogen (secondary N) is 2. The average Bonchev–Trinajstić information content (AvgIpc) is 2.66. The minimum atomic E-state index is -0.499. The number of Topliss-reactive ketones (excluding diaryl/α,β-unsaturated/α-hetero) is 1. The van der Waals surface area contributed by atoms with Gasteiger partial charge < -0.3 is 10.6 Å². The van der Waals surface area contributed by atoms with Crippen molar-refractivity contribution < 1.29 is 14.0 Å². The first-order chi connectivity index (χ1) is 14.2. The van der Waals surface area contributed by atoms with Crippen molar-refractivity contribution >= 4 is 17.4 Å². The highest BCUT2D eigenvalue weighted by Gasteiger charge is 2.42. The van der Waals surface area contributed by atoms with E-state index in [1.807, 2.05) is 19.1 Å². The minimum Gasteiger partial charge on any atom is -0.362 e. The molecule has 1 aromatic heterocycles. The molecule has 2 N–H and O–H groups in total. The fraction of sp³-hybridized carbons (Fsp3) is 0.292. The average molecular weight is 405 g/mol. The molecular weight excluding hydrogens is 381 g/mol. The molecule has 0 saturated heterocycles. The Kier molecular flexibility index (Phi) is 5.02. The van der Waals surface area contributed by atoms with Crippen LogP contribution in [0.25, 0.3) is 0 Å². The summed E-state index contributed by atoms with van der Waals surface area (Å²) >= 11 is 0. The van der Waals surface area contributed by atoms with Gasteiger partial charge in [-0.3, -0.25) is 14.6 Å². The summed E-state index contributed by atoms with van der Waals surface area (Å²) in [6, 6.07) is 9.42. The number of dihydropyridines is 1. The third-order valence-electron chi connectivity index (χ3n) is 5.61. The number of halogens is 1. The second kappa shape index (κ2) is 7.52. The maximum Gasteiger partial charge on any atom is 0.254 e. The van der Waals surface area contributed by atoms with Gasteiger partial charge in [-0.2, -0.15) is 0 Å². The van der Waals surface area contributed by atoms with E-state index in [9.17, 15) is 14.0 Å². The van der Waals surface area contributed by atoms with Gasteiger partial charge in [-0.05, 0) is 54.7 Å². The molecule has 0 fully saturated rings. The number of carbonyl (C=O) groups is 2. The molecule has 1 aliphatic heterocycles. The highest BCUT2D eigenvalue weighted by Crippen LogP contribution is 2.46. The van der Waals surface area contributed by atoms with Gasteiger partial charge >= 0.3 is 0 Å². The second-order valence-corrected chi connectivity index (χ2v) is 8.67. The van der Waals surface area contributed by atoms with E-state index in [4.69, 9.17) is 0 Å². The SMILES string of the molecule is CC1=C(C(=O)Nc2cccc(F)c2)C(c2ccncc2)C2=C(CC(C)(C)CC2=O)N1. The Labute approximate surface area is 175 Å². The van der Waals surface area contributed by atoms with Gasteiger partial charge in [0.25, 0.3) is 5.91 Å². The molecule has 0 saturated carbocycles. The van der Waals surface area contributed by atoms with Crippen molar-refractivity contribution in [3.8, 4) is 0 Å². The zero-order valence-electron chi connectivity index (χ0n) is 17.3. The summed E-state index contributed by atoms with van der Waals surface area (Å²) < 4.78 is 13.6. The molecule has 1 aromatic carbocycles. The Morgan fingerprint density at radius 2 is 1.93 bits per heavy atom. The Morgan fingerprint density at radius 3 is 2.63 bits per heavy atom. The maximum atomic E-state index is 13.6. The van der Waals surface area contributed by atoms with Gasteiger partial charge in [0, 0.05) is 53.0 Å². The van der Waals surface area contributed by atoms with Crippen LogP contribution in [0.2, 0.25) is 0 Å². The number of ketones is 1. The molecule has 1 atom stereocenters. The van der Waals surface area contributed by atoms with Crippen LogP contribution in [0.5, 0.6) is 0 Å². The summed E-state index contributed by atoms with van der Waals surface area (Å²) in [5.41, 5.74) is 3.70. The van der Waals surface area contributed by atoms with Gasteiger partial charge in [0.1, 0.15) is 5.82 Å². The van der Waals surface area contributed by atoms with Crippen LogP contribution < -0.4 is 10.6 Å². The van der Waals surface area contributed by atoms with Crippen molar-refractivity contribution in [2.75, 3.05) is 5.32 Å². The lowest BCUT2D eigenvalue weighted by molar-refractivity contribution is -0.118. The van der Waals surface area contributed by atoms with E-state index in [1.54, 1.807) is 24.5 Å². The number of hydrogen-bond donors (Lipinski definition) is 2. The Morgan fingerprint density at radius 1 is 1.20 bits per heavy atom. The van der Waals surface area contributed by atoms with Crippen molar-refractivity contribution in [2.24, 2.45) is 5.41 Å². The number of hydrogen-bond acceptors (Lipinski definition) is 4. The smallest absolute Gasteiger partial charge is 0.254 e. The van der Waals surface area contributed by atoms with E-state index in [0.29, 0.717) is 29.0 Å². The predicted molar refractivity (Wildman–Crippen MR) is 113 cm³/mol. The molecule has 6 heteroatoms. The highest BCUT2D eigenvalue weighted by molar-refractivity contribution is 6.09. The van der Waals surface area contributed by atoms with E-state index in [2.05, 4.69) is 29.5 Å². The number of pyridine rings is 1. The normalized spacial score (nSPS) is 20.5. The van der Waals surface area contributed by atoms with E-state index < -0.39 is 11.7 Å². The van der Waals surface area contributed by atoms with E-state index in [1.165, 1.54) is 12.1 Å². The highest BCUT2D eigenvalue weighted by atomic mass is 19.1. The predicted octanol–water partition coefficient (Wildman–Crippen LogP) is 4.46. The summed E-state index contributed by atoms with van der Waals surface area (Å²) in [6.45, 7) is 5.98. The third-order valence-corrected chi connectivity index (χ3v) is 5.61. The molecule has 5 nitrogen and oxygen atoms in total. The Balaban J connectivity index is 1.79. The van der Waals surface area contributed by atoms with Crippen molar-refractivity contribution in [2.45, 2.75) is 39.5 Å². The van der Waals surface area contributed by atoms with Crippen molar-refractivity contribution in [3.05, 3.63) is 82.7 Å². The molecule has 30 heavy (non-hydrogen) atoms. The summed E-state index contributed by atoms with van der Waals surface area (Å²) in [5.74, 6) is -1.25. The molecule has 1 amide bonds. The number of rotatable bonds is 3. The van der Waals surface area contributed by atoms with Gasteiger partial charge in [0.05, 0.1) is 0 Å². The number of amides is 1. The van der Waals surface area contributed by atoms with Crippen LogP contribution in [-0.4, -0.2) is 16.7 Å². The maximum absolute atomic E-state index is 13.6. The molecule has 1 aliphatic carbocycles. The van der Waals surface area contributed by atoms with Gasteiger partial charge in [-0.1, -0.05) is 19.9 Å². The summed E-state index contributed by atoms with van der Waals surface area (Å²) in [4.78, 5) is 30.6. The van der Waals surface area contributed by atoms with Crippen molar-refractivity contribution in [3.63, 3.8) is 0 Å². The summed E-state index contributed by atoms with van der Waals surface area (Å²) in [7, 11) is 0. The first kappa shape index (κ1) is 20.0. The van der Waals surface area contributed by atoms with Gasteiger partial charge in [-0.25, -0.2) is 4.39 Å². The second-order valence-electron chi connectivity index (χ2n) is 8.67. The standard InChI is InChI=1S/C24H24FN3O2/c1-14-20(23(30)28-17-6-4-5-16(25)11-17)21(15-7-9-26-10-8-15)22-18(27-14)12-24(2,3)13-19(22)29/h4-11,21,27H,12-13H2,1-3H3,(H,28,30). The first-order valence-corrected chi connectivity index (χ1v) is 9.96. The fourth-order valence-corrected chi connectivity index (χ4v) is 4.39. The molecule has 0 bridgehead atoms. The topological polar surface area (TPSA) is 71.1 Å². The molecule has 4 rings (SSSR count). The summed E-state index contributed by atoms with van der Waals surface area (Å²) in [6.07, 6.45) is 4.47. The van der Waals surface area contributed by atoms with Crippen LogP contribution in [0.4, 0.5) is 10.1 Å². The Hall–Kier alpha value is -3.28. The first-order valence-electron chi connectivity index (χ1n) is 9.96. The number of anilines is 1. The van der Waals surface area contributed by atoms with Crippen molar-refractivity contribution in [1.29, 1.82) is 0 Å². The number of nitrogens with zero attached hydrogens (tertiary/aromatic N) is 1. The van der Waals surface area contributed by atoms with Crippen LogP contribution in [0.1, 0.15) is 45.1 Å². The van der Waals surface area contributed by atoms with E-state index in [-0.39, 0.29) is 17.1 Å². The van der Waals surface area contributed by atoms with Crippen LogP contribution in [0.3, 0.4) is 0 Å². The van der Waals surface area contributed by atoms with Gasteiger partial charge in [0.15, 0.2) is 5.78 Å². The van der Waals surface area contributed by atoms with E-state index in [0.717, 1.165) is 17.7 Å². The van der Waals surface area contributed by atoms with Crippen LogP contribution in [0, 0.1) is 11.2 Å². The monoisotopic (exact) mass is 405 g/mol. The Bertz CT molecular complexity index is 1090. The molecule has 0 spiro atoms. The van der Waals surface area contributed by atoms with Crippen LogP contribution in [-0.2, 0) is 9.59 Å². The zero-order chi connectivity index (χ0) is 21.5. The number of benzene rings is 1. The molecule has 2 aromatic rings. The lowest BCUT2D eigenvalue weighted by Gasteiger charge is -2.39. The quantitative estimate of drug-likeness (QED) is 0.791. The molecule has 1 unspecified atom stereocenters.